The van der Waals surface area contributed by atoms with Gasteiger partial charge in [0.1, 0.15) is 0 Å². The number of nitrogens with one attached hydrogen (secondary N) is 3. The number of benzene rings is 1. The lowest BCUT2D eigenvalue weighted by Crippen LogP contribution is -2.31. The minimum absolute atomic E-state index is 0.0366. The zero-order valence-corrected chi connectivity index (χ0v) is 17.4. The van der Waals surface area contributed by atoms with Crippen molar-refractivity contribution in [3.8, 4) is 11.5 Å². The fraction of sp³-hybridized carbons (Fsp3) is 0.400. The van der Waals surface area contributed by atoms with Crippen molar-refractivity contribution in [3.05, 3.63) is 40.6 Å². The molecule has 8 heteroatoms. The first kappa shape index (κ1) is 21.6. The second-order valence-corrected chi connectivity index (χ2v) is 6.72. The molecule has 0 bridgehead atoms. The average Bonchev–Trinajstić information content (AvgIpc) is 3.24. The molecule has 0 aliphatic carbocycles. The first-order valence-electron chi connectivity index (χ1n) is 9.35. The summed E-state index contributed by atoms with van der Waals surface area (Å²) in [6, 6.07) is 9.35. The molecular formula is C20H28N4O3S. The molecule has 0 aliphatic heterocycles. The molecule has 0 spiro atoms. The largest absolute Gasteiger partial charge is 0.493 e. The summed E-state index contributed by atoms with van der Waals surface area (Å²) >= 11 is 1.44. The van der Waals surface area contributed by atoms with Crippen LogP contribution in [-0.4, -0.2) is 45.2 Å². The molecule has 2 aromatic rings. The summed E-state index contributed by atoms with van der Waals surface area (Å²) in [6.45, 7) is 6.44. The van der Waals surface area contributed by atoms with Gasteiger partial charge in [0, 0.05) is 31.4 Å². The number of anilines is 1. The zero-order chi connectivity index (χ0) is 20.2. The highest BCUT2D eigenvalue weighted by Gasteiger charge is 2.07. The van der Waals surface area contributed by atoms with E-state index in [0.29, 0.717) is 37.2 Å². The number of hydrogen-bond acceptors (Lipinski definition) is 5. The molecule has 1 heterocycles. The fourth-order valence-electron chi connectivity index (χ4n) is 2.43. The third-order valence-electron chi connectivity index (χ3n) is 3.71. The lowest BCUT2D eigenvalue weighted by molar-refractivity contribution is 0.0957. The Hall–Kier alpha value is -2.74. The summed E-state index contributed by atoms with van der Waals surface area (Å²) in [5.41, 5.74) is 0.853. The molecule has 0 atom stereocenters. The topological polar surface area (TPSA) is 84.0 Å². The standard InChI is InChI=1S/C20H28N4O3S/c1-4-21-20(23-12-7-11-22-19(25)18-8-6-13-28-18)24-15-9-10-16(27-5-2)17(14-15)26-3/h6,8-10,13-14H,4-5,7,11-12H2,1-3H3,(H,22,25)(H2,21,23,24). The Morgan fingerprint density at radius 1 is 1.18 bits per heavy atom. The van der Waals surface area contributed by atoms with Crippen LogP contribution in [0.1, 0.15) is 29.9 Å². The Kier molecular flexibility index (Phi) is 9.14. The van der Waals surface area contributed by atoms with Crippen LogP contribution in [-0.2, 0) is 0 Å². The van der Waals surface area contributed by atoms with Crippen LogP contribution in [0.25, 0.3) is 0 Å². The van der Waals surface area contributed by atoms with Crippen molar-refractivity contribution in [1.82, 2.24) is 10.6 Å². The maximum absolute atomic E-state index is 11.9. The molecule has 1 aromatic carbocycles. The molecule has 3 N–H and O–H groups in total. The van der Waals surface area contributed by atoms with Crippen molar-refractivity contribution in [2.24, 2.45) is 4.99 Å². The summed E-state index contributed by atoms with van der Waals surface area (Å²) in [6.07, 6.45) is 0.750. The number of rotatable bonds is 10. The summed E-state index contributed by atoms with van der Waals surface area (Å²) in [4.78, 5) is 17.2. The molecule has 0 unspecified atom stereocenters. The Morgan fingerprint density at radius 3 is 2.71 bits per heavy atom. The fourth-order valence-corrected chi connectivity index (χ4v) is 3.07. The first-order chi connectivity index (χ1) is 13.7. The highest BCUT2D eigenvalue weighted by Crippen LogP contribution is 2.30. The number of guanidine groups is 1. The van der Waals surface area contributed by atoms with E-state index in [-0.39, 0.29) is 5.91 Å². The van der Waals surface area contributed by atoms with Crippen molar-refractivity contribution >= 4 is 28.9 Å². The molecule has 0 fully saturated rings. The molecule has 28 heavy (non-hydrogen) atoms. The second kappa shape index (κ2) is 11.9. The monoisotopic (exact) mass is 404 g/mol. The third kappa shape index (κ3) is 6.77. The van der Waals surface area contributed by atoms with E-state index in [4.69, 9.17) is 9.47 Å². The van der Waals surface area contributed by atoms with Crippen molar-refractivity contribution < 1.29 is 14.3 Å². The van der Waals surface area contributed by atoms with E-state index in [0.717, 1.165) is 23.5 Å². The normalized spacial score (nSPS) is 11.0. The van der Waals surface area contributed by atoms with Gasteiger partial charge in [-0.05, 0) is 43.8 Å². The van der Waals surface area contributed by atoms with Crippen molar-refractivity contribution in [2.75, 3.05) is 38.7 Å². The van der Waals surface area contributed by atoms with E-state index in [1.54, 1.807) is 7.11 Å². The van der Waals surface area contributed by atoms with Crippen LogP contribution >= 0.6 is 11.3 Å². The minimum Gasteiger partial charge on any atom is -0.493 e. The van der Waals surface area contributed by atoms with Gasteiger partial charge in [-0.2, -0.15) is 0 Å². The number of hydrogen-bond donors (Lipinski definition) is 3. The number of methoxy groups -OCH3 is 1. The highest BCUT2D eigenvalue weighted by atomic mass is 32.1. The minimum atomic E-state index is -0.0366. The van der Waals surface area contributed by atoms with E-state index in [1.807, 2.05) is 49.6 Å². The van der Waals surface area contributed by atoms with Crippen LogP contribution in [0.3, 0.4) is 0 Å². The van der Waals surface area contributed by atoms with E-state index in [2.05, 4.69) is 20.9 Å². The predicted octanol–water partition coefficient (Wildman–Crippen LogP) is 3.35. The number of nitrogens with zero attached hydrogens (tertiary/aromatic N) is 1. The molecular weight excluding hydrogens is 376 g/mol. The predicted molar refractivity (Wildman–Crippen MR) is 115 cm³/mol. The van der Waals surface area contributed by atoms with Gasteiger partial charge in [0.2, 0.25) is 0 Å². The van der Waals surface area contributed by atoms with Gasteiger partial charge in [-0.1, -0.05) is 6.07 Å². The van der Waals surface area contributed by atoms with E-state index < -0.39 is 0 Å². The molecule has 0 radical (unpaired) electrons. The molecule has 152 valence electrons. The van der Waals surface area contributed by atoms with E-state index in [9.17, 15) is 4.79 Å². The summed E-state index contributed by atoms with van der Waals surface area (Å²) < 4.78 is 10.9. The number of thiophene rings is 1. The molecule has 2 rings (SSSR count). The number of aliphatic imine (C=N–C) groups is 1. The van der Waals surface area contributed by atoms with Gasteiger partial charge < -0.3 is 25.4 Å². The lowest BCUT2D eigenvalue weighted by atomic mass is 10.2. The van der Waals surface area contributed by atoms with Crippen LogP contribution in [0, 0.1) is 0 Å². The molecule has 7 nitrogen and oxygen atoms in total. The lowest BCUT2D eigenvalue weighted by Gasteiger charge is -2.14. The summed E-state index contributed by atoms with van der Waals surface area (Å²) in [5.74, 6) is 2.02. The van der Waals surface area contributed by atoms with Gasteiger partial charge in [-0.25, -0.2) is 0 Å². The molecule has 0 saturated carbocycles. The molecule has 1 aromatic heterocycles. The second-order valence-electron chi connectivity index (χ2n) is 5.77. The average molecular weight is 405 g/mol. The number of carbonyl (C=O) groups is 1. The van der Waals surface area contributed by atoms with Crippen molar-refractivity contribution in [3.63, 3.8) is 0 Å². The number of amides is 1. The van der Waals surface area contributed by atoms with Crippen molar-refractivity contribution in [2.45, 2.75) is 20.3 Å². The van der Waals surface area contributed by atoms with E-state index >= 15 is 0 Å². The van der Waals surface area contributed by atoms with Gasteiger partial charge in [-0.15, -0.1) is 11.3 Å². The van der Waals surface area contributed by atoms with Gasteiger partial charge in [0.05, 0.1) is 18.6 Å². The Balaban J connectivity index is 1.87. The molecule has 0 aliphatic rings. The Morgan fingerprint density at radius 2 is 2.04 bits per heavy atom. The molecule has 0 saturated heterocycles. The Labute approximate surface area is 170 Å². The van der Waals surface area contributed by atoms with Crippen LogP contribution in [0.15, 0.2) is 40.7 Å². The highest BCUT2D eigenvalue weighted by molar-refractivity contribution is 7.12. The maximum Gasteiger partial charge on any atom is 0.261 e. The van der Waals surface area contributed by atoms with Gasteiger partial charge in [0.15, 0.2) is 17.5 Å². The summed E-state index contributed by atoms with van der Waals surface area (Å²) in [5, 5.41) is 11.3. The quantitative estimate of drug-likeness (QED) is 0.321. The maximum atomic E-state index is 11.9. The van der Waals surface area contributed by atoms with E-state index in [1.165, 1.54) is 11.3 Å². The van der Waals surface area contributed by atoms with Crippen LogP contribution in [0.4, 0.5) is 5.69 Å². The van der Waals surface area contributed by atoms with Gasteiger partial charge in [-0.3, -0.25) is 9.79 Å². The molecule has 1 amide bonds. The van der Waals surface area contributed by atoms with Crippen LogP contribution in [0.5, 0.6) is 11.5 Å². The van der Waals surface area contributed by atoms with Crippen LogP contribution in [0.2, 0.25) is 0 Å². The van der Waals surface area contributed by atoms with Crippen molar-refractivity contribution in [1.29, 1.82) is 0 Å². The van der Waals surface area contributed by atoms with Crippen LogP contribution < -0.4 is 25.4 Å². The number of ether oxygens (including phenoxy) is 2. The first-order valence-corrected chi connectivity index (χ1v) is 10.2. The third-order valence-corrected chi connectivity index (χ3v) is 4.57. The summed E-state index contributed by atoms with van der Waals surface area (Å²) in [7, 11) is 1.62. The zero-order valence-electron chi connectivity index (χ0n) is 16.6. The smallest absolute Gasteiger partial charge is 0.261 e. The van der Waals surface area contributed by atoms with Gasteiger partial charge in [0.25, 0.3) is 5.91 Å². The number of carbonyl (C=O) groups excluding carboxylic acids is 1. The SMILES string of the molecule is CCNC(=NCCCNC(=O)c1cccs1)Nc1ccc(OCC)c(OC)c1. The Bertz CT molecular complexity index is 763. The van der Waals surface area contributed by atoms with Gasteiger partial charge >= 0.3 is 0 Å².